The van der Waals surface area contributed by atoms with Crippen molar-refractivity contribution in [3.05, 3.63) is 40.8 Å². The molecule has 1 saturated heterocycles. The average molecular weight is 343 g/mol. The van der Waals surface area contributed by atoms with Gasteiger partial charge in [-0.15, -0.1) is 11.3 Å². The van der Waals surface area contributed by atoms with Gasteiger partial charge in [-0.2, -0.15) is 0 Å². The third-order valence-electron chi connectivity index (χ3n) is 3.97. The van der Waals surface area contributed by atoms with E-state index < -0.39 is 0 Å². The van der Waals surface area contributed by atoms with Crippen LogP contribution in [0.25, 0.3) is 0 Å². The van der Waals surface area contributed by atoms with Gasteiger partial charge in [0, 0.05) is 41.7 Å². The Bertz CT molecular complexity index is 785. The van der Waals surface area contributed by atoms with Gasteiger partial charge in [0.05, 0.1) is 5.69 Å². The third-order valence-corrected chi connectivity index (χ3v) is 4.80. The zero-order valence-corrected chi connectivity index (χ0v) is 15.0. The van der Waals surface area contributed by atoms with Crippen molar-refractivity contribution in [1.82, 2.24) is 19.9 Å². The largest absolute Gasteiger partial charge is 0.338 e. The molecule has 1 fully saturated rings. The number of carbonyl (C=O) groups is 1. The predicted octanol–water partition coefficient (Wildman–Crippen LogP) is 3.19. The zero-order chi connectivity index (χ0) is 17.3. The molecule has 24 heavy (non-hydrogen) atoms. The number of aryl methyl sites for hydroxylation is 2. The molecule has 0 aliphatic carbocycles. The molecule has 0 saturated carbocycles. The molecule has 1 amide bonds. The molecular formula is C17H21N5OS. The maximum absolute atomic E-state index is 12.1. The molecule has 1 aliphatic rings. The molecule has 6 nitrogen and oxygen atoms in total. The van der Waals surface area contributed by atoms with Crippen molar-refractivity contribution in [2.45, 2.75) is 33.1 Å². The Balaban J connectivity index is 1.77. The van der Waals surface area contributed by atoms with Crippen molar-refractivity contribution in [2.24, 2.45) is 0 Å². The van der Waals surface area contributed by atoms with Crippen LogP contribution in [0.1, 0.15) is 35.7 Å². The number of rotatable bonds is 4. The molecule has 3 rings (SSSR count). The highest BCUT2D eigenvalue weighted by atomic mass is 32.1. The first kappa shape index (κ1) is 16.6. The lowest BCUT2D eigenvalue weighted by atomic mass is 10.0. The minimum absolute atomic E-state index is 0.0277. The normalized spacial score (nSPS) is 17.1. The summed E-state index contributed by atoms with van der Waals surface area (Å²) in [6.07, 6.45) is 2.74. The Kier molecular flexibility index (Phi) is 4.62. The fraction of sp³-hybridized carbons (Fsp3) is 0.412. The Morgan fingerprint density at radius 2 is 2.21 bits per heavy atom. The van der Waals surface area contributed by atoms with Crippen molar-refractivity contribution in [1.29, 1.82) is 0 Å². The Morgan fingerprint density at radius 1 is 1.42 bits per heavy atom. The van der Waals surface area contributed by atoms with E-state index >= 15 is 0 Å². The summed E-state index contributed by atoms with van der Waals surface area (Å²) in [5, 5.41) is 4.06. The Morgan fingerprint density at radius 3 is 2.88 bits per heavy atom. The number of carbonyl (C=O) groups excluding carboxylic acids is 1. The van der Waals surface area contributed by atoms with Gasteiger partial charge in [0.1, 0.15) is 11.6 Å². The predicted molar refractivity (Wildman–Crippen MR) is 95.7 cm³/mol. The lowest BCUT2D eigenvalue weighted by Gasteiger charge is -2.16. The van der Waals surface area contributed by atoms with Crippen molar-refractivity contribution in [2.75, 3.05) is 18.4 Å². The van der Waals surface area contributed by atoms with Crippen LogP contribution in [0.2, 0.25) is 0 Å². The molecule has 126 valence electrons. The number of hydrogen-bond acceptors (Lipinski definition) is 6. The molecule has 2 aromatic heterocycles. The first-order valence-electron chi connectivity index (χ1n) is 7.92. The number of aromatic nitrogens is 3. The minimum atomic E-state index is 0.0277. The first-order valence-corrected chi connectivity index (χ1v) is 8.74. The molecule has 1 unspecified atom stereocenters. The molecule has 7 heteroatoms. The number of amides is 1. The van der Waals surface area contributed by atoms with Gasteiger partial charge in [-0.3, -0.25) is 4.79 Å². The molecule has 1 N–H and O–H groups in total. The zero-order valence-electron chi connectivity index (χ0n) is 14.2. The topological polar surface area (TPSA) is 71.0 Å². The van der Waals surface area contributed by atoms with E-state index in [0.29, 0.717) is 17.9 Å². The maximum atomic E-state index is 12.1. The van der Waals surface area contributed by atoms with Crippen LogP contribution in [-0.2, 0) is 4.79 Å². The van der Waals surface area contributed by atoms with Gasteiger partial charge in [0.15, 0.2) is 5.13 Å². The van der Waals surface area contributed by atoms with Gasteiger partial charge in [-0.1, -0.05) is 6.58 Å². The fourth-order valence-electron chi connectivity index (χ4n) is 2.84. The van der Waals surface area contributed by atoms with Gasteiger partial charge in [-0.25, -0.2) is 15.0 Å². The molecular weight excluding hydrogens is 322 g/mol. The standard InChI is InChI=1S/C17H21N5OS/c1-10(2)16(23)22-6-5-13(9-22)14-7-15(20-12(4)19-14)21-17-18-8-11(3)24-17/h7-8,13H,1,5-6,9H2,2-4H3,(H,18,19,20,21). The molecule has 1 atom stereocenters. The van der Waals surface area contributed by atoms with Crippen LogP contribution in [-0.4, -0.2) is 38.8 Å². The molecule has 0 aromatic carbocycles. The highest BCUT2D eigenvalue weighted by Crippen LogP contribution is 2.29. The van der Waals surface area contributed by atoms with E-state index in [1.807, 2.05) is 31.0 Å². The van der Waals surface area contributed by atoms with E-state index in [2.05, 4.69) is 26.8 Å². The quantitative estimate of drug-likeness (QED) is 0.863. The van der Waals surface area contributed by atoms with Crippen LogP contribution in [0.4, 0.5) is 10.9 Å². The van der Waals surface area contributed by atoms with Crippen molar-refractivity contribution < 1.29 is 4.79 Å². The van der Waals surface area contributed by atoms with E-state index in [1.165, 1.54) is 0 Å². The molecule has 1 aliphatic heterocycles. The van der Waals surface area contributed by atoms with Gasteiger partial charge < -0.3 is 10.2 Å². The highest BCUT2D eigenvalue weighted by molar-refractivity contribution is 7.15. The molecule has 0 bridgehead atoms. The number of hydrogen-bond donors (Lipinski definition) is 1. The second-order valence-electron chi connectivity index (χ2n) is 6.14. The third kappa shape index (κ3) is 3.62. The number of nitrogens with zero attached hydrogens (tertiary/aromatic N) is 4. The number of nitrogens with one attached hydrogen (secondary N) is 1. The van der Waals surface area contributed by atoms with Gasteiger partial charge in [0.2, 0.25) is 5.91 Å². The lowest BCUT2D eigenvalue weighted by Crippen LogP contribution is -2.28. The Hall–Kier alpha value is -2.28. The number of anilines is 2. The number of likely N-dealkylation sites (tertiary alicyclic amines) is 1. The van der Waals surface area contributed by atoms with E-state index in [4.69, 9.17) is 0 Å². The minimum Gasteiger partial charge on any atom is -0.338 e. The summed E-state index contributed by atoms with van der Waals surface area (Å²) < 4.78 is 0. The number of thiazole rings is 1. The summed E-state index contributed by atoms with van der Waals surface area (Å²) in [5.41, 5.74) is 1.55. The summed E-state index contributed by atoms with van der Waals surface area (Å²) in [7, 11) is 0. The van der Waals surface area contributed by atoms with E-state index in [9.17, 15) is 4.79 Å². The Labute approximate surface area is 145 Å². The highest BCUT2D eigenvalue weighted by Gasteiger charge is 2.28. The SMILES string of the molecule is C=C(C)C(=O)N1CCC(c2cc(Nc3ncc(C)s3)nc(C)n2)C1. The van der Waals surface area contributed by atoms with E-state index in [1.54, 1.807) is 18.3 Å². The monoisotopic (exact) mass is 343 g/mol. The molecule has 0 spiro atoms. The second-order valence-corrected chi connectivity index (χ2v) is 7.38. The van der Waals surface area contributed by atoms with E-state index in [-0.39, 0.29) is 11.8 Å². The summed E-state index contributed by atoms with van der Waals surface area (Å²) in [6, 6.07) is 1.96. The molecule has 0 radical (unpaired) electrons. The summed E-state index contributed by atoms with van der Waals surface area (Å²) >= 11 is 1.59. The van der Waals surface area contributed by atoms with Crippen LogP contribution in [0.15, 0.2) is 24.4 Å². The lowest BCUT2D eigenvalue weighted by molar-refractivity contribution is -0.126. The van der Waals surface area contributed by atoms with E-state index in [0.717, 1.165) is 34.5 Å². The van der Waals surface area contributed by atoms with Crippen LogP contribution in [0, 0.1) is 13.8 Å². The second kappa shape index (κ2) is 6.68. The molecule has 3 heterocycles. The first-order chi connectivity index (χ1) is 11.4. The van der Waals surface area contributed by atoms with Crippen LogP contribution < -0.4 is 5.32 Å². The van der Waals surface area contributed by atoms with Gasteiger partial charge in [0.25, 0.3) is 0 Å². The van der Waals surface area contributed by atoms with Crippen LogP contribution in [0.3, 0.4) is 0 Å². The summed E-state index contributed by atoms with van der Waals surface area (Å²) in [6.45, 7) is 10.8. The van der Waals surface area contributed by atoms with Crippen molar-refractivity contribution in [3.8, 4) is 0 Å². The summed E-state index contributed by atoms with van der Waals surface area (Å²) in [4.78, 5) is 28.4. The van der Waals surface area contributed by atoms with Crippen LogP contribution in [0.5, 0.6) is 0 Å². The average Bonchev–Trinajstić information content (AvgIpc) is 3.15. The van der Waals surface area contributed by atoms with Gasteiger partial charge >= 0.3 is 0 Å². The van der Waals surface area contributed by atoms with Crippen LogP contribution >= 0.6 is 11.3 Å². The van der Waals surface area contributed by atoms with Gasteiger partial charge in [-0.05, 0) is 27.2 Å². The van der Waals surface area contributed by atoms with Crippen molar-refractivity contribution >= 4 is 28.2 Å². The smallest absolute Gasteiger partial charge is 0.248 e. The van der Waals surface area contributed by atoms with Crippen molar-refractivity contribution in [3.63, 3.8) is 0 Å². The maximum Gasteiger partial charge on any atom is 0.248 e. The summed E-state index contributed by atoms with van der Waals surface area (Å²) in [5.74, 6) is 1.72. The fourth-order valence-corrected chi connectivity index (χ4v) is 3.51. The molecule has 2 aromatic rings.